The first-order valence-corrected chi connectivity index (χ1v) is 11.9. The molecule has 2 aromatic carbocycles. The number of furan rings is 1. The van der Waals surface area contributed by atoms with E-state index in [1.165, 1.54) is 11.2 Å². The van der Waals surface area contributed by atoms with E-state index in [9.17, 15) is 14.7 Å². The number of aliphatic hydroxyl groups excluding tert-OH is 1. The van der Waals surface area contributed by atoms with Gasteiger partial charge in [-0.25, -0.2) is 0 Å². The highest BCUT2D eigenvalue weighted by molar-refractivity contribution is 6.46. The van der Waals surface area contributed by atoms with Crippen molar-refractivity contribution < 1.29 is 23.8 Å². The lowest BCUT2D eigenvalue weighted by atomic mass is 9.91. The Labute approximate surface area is 209 Å². The molecule has 1 amide bonds. The molecule has 3 heterocycles. The van der Waals surface area contributed by atoms with Gasteiger partial charge in [0.1, 0.15) is 17.3 Å². The minimum absolute atomic E-state index is 0.0549. The van der Waals surface area contributed by atoms with Gasteiger partial charge in [-0.2, -0.15) is 0 Å². The number of methoxy groups -OCH3 is 1. The molecule has 36 heavy (non-hydrogen) atoms. The van der Waals surface area contributed by atoms with Gasteiger partial charge in [0.2, 0.25) is 0 Å². The van der Waals surface area contributed by atoms with Crippen molar-refractivity contribution in [1.82, 2.24) is 9.88 Å². The van der Waals surface area contributed by atoms with Crippen LogP contribution in [0.5, 0.6) is 5.75 Å². The number of benzene rings is 2. The van der Waals surface area contributed by atoms with Crippen molar-refractivity contribution in [2.45, 2.75) is 39.3 Å². The molecule has 1 aliphatic rings. The van der Waals surface area contributed by atoms with Crippen LogP contribution in [0.1, 0.15) is 53.8 Å². The Morgan fingerprint density at radius 2 is 1.94 bits per heavy atom. The van der Waals surface area contributed by atoms with Gasteiger partial charge in [-0.1, -0.05) is 32.0 Å². The topological polar surface area (TPSA) is 95.8 Å². The van der Waals surface area contributed by atoms with Gasteiger partial charge < -0.3 is 24.1 Å². The predicted octanol–water partition coefficient (Wildman–Crippen LogP) is 5.82. The number of ether oxygens (including phenoxy) is 1. The zero-order chi connectivity index (χ0) is 25.6. The van der Waals surface area contributed by atoms with Crippen LogP contribution in [-0.4, -0.2) is 33.8 Å². The van der Waals surface area contributed by atoms with Crippen molar-refractivity contribution >= 4 is 28.4 Å². The normalized spacial score (nSPS) is 17.5. The van der Waals surface area contributed by atoms with Crippen LogP contribution >= 0.6 is 0 Å². The van der Waals surface area contributed by atoms with Crippen LogP contribution in [0.25, 0.3) is 16.7 Å². The van der Waals surface area contributed by atoms with Crippen LogP contribution < -0.4 is 4.74 Å². The summed E-state index contributed by atoms with van der Waals surface area (Å²) >= 11 is 0. The van der Waals surface area contributed by atoms with Gasteiger partial charge in [-0.15, -0.1) is 0 Å². The number of hydrogen-bond acceptors (Lipinski definition) is 5. The summed E-state index contributed by atoms with van der Waals surface area (Å²) in [6, 6.07) is 14.1. The molecular formula is C29H28N2O5. The zero-order valence-corrected chi connectivity index (χ0v) is 20.7. The second-order valence-electron chi connectivity index (χ2n) is 9.36. The van der Waals surface area contributed by atoms with E-state index in [2.05, 4.69) is 4.98 Å². The zero-order valence-electron chi connectivity index (χ0n) is 20.7. The number of nitrogens with zero attached hydrogens (tertiary/aromatic N) is 1. The molecule has 1 saturated heterocycles. The van der Waals surface area contributed by atoms with Gasteiger partial charge in [0.05, 0.1) is 31.5 Å². The highest BCUT2D eigenvalue weighted by Gasteiger charge is 2.47. The number of aromatic nitrogens is 1. The molecule has 1 unspecified atom stereocenters. The minimum atomic E-state index is -0.796. The Morgan fingerprint density at radius 3 is 2.64 bits per heavy atom. The van der Waals surface area contributed by atoms with E-state index in [-0.39, 0.29) is 23.8 Å². The molecule has 5 rings (SSSR count). The summed E-state index contributed by atoms with van der Waals surface area (Å²) in [5.74, 6) is -0.227. The van der Waals surface area contributed by atoms with E-state index in [4.69, 9.17) is 9.15 Å². The summed E-state index contributed by atoms with van der Waals surface area (Å²) in [5.41, 5.74) is 3.80. The second-order valence-corrected chi connectivity index (χ2v) is 9.36. The number of aromatic amines is 1. The molecular weight excluding hydrogens is 456 g/mol. The number of hydrogen-bond donors (Lipinski definition) is 2. The third-order valence-corrected chi connectivity index (χ3v) is 6.82. The molecule has 1 fully saturated rings. The Bertz CT molecular complexity index is 1490. The van der Waals surface area contributed by atoms with Crippen molar-refractivity contribution in [3.8, 4) is 5.75 Å². The standard InChI is InChI=1S/C29H28N2O5/c1-16(2)20-13-21(17(3)12-24(20)35-4)27(32)25-26(22-14-30-23-10-6-5-9-19(22)23)31(29(34)28(25)33)15-18-8-7-11-36-18/h5-14,16,26,30,32H,15H2,1-4H3/b27-25+. The first-order chi connectivity index (χ1) is 17.3. The van der Waals surface area contributed by atoms with Crippen molar-refractivity contribution in [2.75, 3.05) is 7.11 Å². The highest BCUT2D eigenvalue weighted by Crippen LogP contribution is 2.44. The maximum absolute atomic E-state index is 13.5. The summed E-state index contributed by atoms with van der Waals surface area (Å²) in [7, 11) is 1.61. The van der Waals surface area contributed by atoms with Gasteiger partial charge in [0, 0.05) is 28.2 Å². The van der Waals surface area contributed by atoms with Crippen LogP contribution in [0.15, 0.2) is 71.0 Å². The molecule has 0 radical (unpaired) electrons. The first-order valence-electron chi connectivity index (χ1n) is 11.9. The van der Waals surface area contributed by atoms with E-state index in [0.717, 1.165) is 27.6 Å². The van der Waals surface area contributed by atoms with E-state index in [1.807, 2.05) is 57.2 Å². The summed E-state index contributed by atoms with van der Waals surface area (Å²) < 4.78 is 11.0. The van der Waals surface area contributed by atoms with E-state index < -0.39 is 17.7 Å². The van der Waals surface area contributed by atoms with E-state index >= 15 is 0 Å². The molecule has 0 spiro atoms. The number of para-hydroxylation sites is 1. The number of amides is 1. The van der Waals surface area contributed by atoms with Gasteiger partial charge >= 0.3 is 0 Å². The van der Waals surface area contributed by atoms with Crippen LogP contribution in [-0.2, 0) is 16.1 Å². The van der Waals surface area contributed by atoms with Crippen LogP contribution in [0.4, 0.5) is 0 Å². The number of Topliss-reactive ketones (excluding diaryl/α,β-unsaturated/α-hetero) is 1. The summed E-state index contributed by atoms with van der Waals surface area (Å²) in [6.07, 6.45) is 3.32. The first kappa shape index (κ1) is 23.5. The number of carbonyl (C=O) groups excluding carboxylic acids is 2. The van der Waals surface area contributed by atoms with Crippen molar-refractivity contribution in [3.05, 3.63) is 94.6 Å². The summed E-state index contributed by atoms with van der Waals surface area (Å²) in [5, 5.41) is 12.5. The number of H-pyrrole nitrogens is 1. The molecule has 184 valence electrons. The van der Waals surface area contributed by atoms with E-state index in [1.54, 1.807) is 25.4 Å². The number of nitrogens with one attached hydrogen (secondary N) is 1. The third-order valence-electron chi connectivity index (χ3n) is 6.82. The molecule has 4 aromatic rings. The van der Waals surface area contributed by atoms with Crippen LogP contribution in [0, 0.1) is 6.92 Å². The van der Waals surface area contributed by atoms with Gasteiger partial charge in [0.25, 0.3) is 11.7 Å². The molecule has 7 heteroatoms. The Hall–Kier alpha value is -4.26. The monoisotopic (exact) mass is 484 g/mol. The number of carbonyl (C=O) groups is 2. The smallest absolute Gasteiger partial charge is 0.296 e. The Kier molecular flexibility index (Phi) is 5.92. The van der Waals surface area contributed by atoms with Gasteiger partial charge in [-0.3, -0.25) is 9.59 Å². The van der Waals surface area contributed by atoms with Crippen LogP contribution in [0.3, 0.4) is 0 Å². The molecule has 1 aliphatic heterocycles. The maximum Gasteiger partial charge on any atom is 0.296 e. The quantitative estimate of drug-likeness (QED) is 0.204. The fourth-order valence-electron chi connectivity index (χ4n) is 4.98. The Balaban J connectivity index is 1.74. The summed E-state index contributed by atoms with van der Waals surface area (Å²) in [4.78, 5) is 31.5. The summed E-state index contributed by atoms with van der Waals surface area (Å²) in [6.45, 7) is 6.01. The maximum atomic E-state index is 13.5. The molecule has 2 N–H and O–H groups in total. The molecule has 0 saturated carbocycles. The average molecular weight is 485 g/mol. The van der Waals surface area contributed by atoms with Gasteiger partial charge in [0.15, 0.2) is 0 Å². The number of ketones is 1. The SMILES string of the molecule is COc1cc(C)c(/C(O)=C2\C(=O)C(=O)N(Cc3ccco3)C2c2c[nH]c3ccccc23)cc1C(C)C. The van der Waals surface area contributed by atoms with Crippen molar-refractivity contribution in [2.24, 2.45) is 0 Å². The predicted molar refractivity (Wildman–Crippen MR) is 137 cm³/mol. The average Bonchev–Trinajstić information content (AvgIpc) is 3.59. The number of rotatable bonds is 6. The third kappa shape index (κ3) is 3.77. The lowest BCUT2D eigenvalue weighted by Crippen LogP contribution is -2.29. The fourth-order valence-corrected chi connectivity index (χ4v) is 4.98. The van der Waals surface area contributed by atoms with Crippen LogP contribution in [0.2, 0.25) is 0 Å². The number of fused-ring (bicyclic) bond motifs is 1. The number of aliphatic hydroxyl groups is 1. The largest absolute Gasteiger partial charge is 0.507 e. The fraction of sp³-hybridized carbons (Fsp3) is 0.241. The molecule has 0 aliphatic carbocycles. The van der Waals surface area contributed by atoms with E-state index in [0.29, 0.717) is 17.1 Å². The number of likely N-dealkylation sites (tertiary alicyclic amines) is 1. The molecule has 2 aromatic heterocycles. The Morgan fingerprint density at radius 1 is 1.17 bits per heavy atom. The lowest BCUT2D eigenvalue weighted by molar-refractivity contribution is -0.140. The molecule has 7 nitrogen and oxygen atoms in total. The minimum Gasteiger partial charge on any atom is -0.507 e. The highest BCUT2D eigenvalue weighted by atomic mass is 16.5. The number of aryl methyl sites for hydroxylation is 1. The second kappa shape index (κ2) is 9.07. The van der Waals surface area contributed by atoms with Gasteiger partial charge in [-0.05, 0) is 54.3 Å². The van der Waals surface area contributed by atoms with Crippen molar-refractivity contribution in [1.29, 1.82) is 0 Å². The lowest BCUT2D eigenvalue weighted by Gasteiger charge is -2.24. The molecule has 0 bridgehead atoms. The van der Waals surface area contributed by atoms with Crippen molar-refractivity contribution in [3.63, 3.8) is 0 Å². The molecule has 1 atom stereocenters.